The first-order valence-electron chi connectivity index (χ1n) is 10.9. The maximum atomic E-state index is 15.0. The fourth-order valence-electron chi connectivity index (χ4n) is 3.45. The van der Waals surface area contributed by atoms with Gasteiger partial charge < -0.3 is 15.4 Å². The van der Waals surface area contributed by atoms with Crippen molar-refractivity contribution in [2.45, 2.75) is 32.4 Å². The fourth-order valence-corrected chi connectivity index (χ4v) is 3.45. The van der Waals surface area contributed by atoms with Crippen LogP contribution in [0.1, 0.15) is 32.4 Å². The molecule has 35 heavy (non-hydrogen) atoms. The van der Waals surface area contributed by atoms with E-state index in [9.17, 15) is 18.8 Å². The molecule has 0 radical (unpaired) electrons. The minimum atomic E-state index is -1.49. The third-order valence-electron chi connectivity index (χ3n) is 4.90. The van der Waals surface area contributed by atoms with Crippen LogP contribution in [0, 0.1) is 5.82 Å². The third kappa shape index (κ3) is 6.20. The zero-order valence-electron chi connectivity index (χ0n) is 19.9. The molecule has 3 aromatic rings. The molecule has 8 nitrogen and oxygen atoms in total. The molecule has 1 atom stereocenters. The number of pyridine rings is 1. The van der Waals surface area contributed by atoms with E-state index in [1.165, 1.54) is 43.8 Å². The predicted octanol–water partition coefficient (Wildman–Crippen LogP) is 3.86. The van der Waals surface area contributed by atoms with Crippen molar-refractivity contribution in [3.8, 4) is 5.75 Å². The van der Waals surface area contributed by atoms with E-state index in [-0.39, 0.29) is 16.9 Å². The molecule has 0 fully saturated rings. The Bertz CT molecular complexity index is 1210. The quantitative estimate of drug-likeness (QED) is 0.524. The number of carbonyl (C=O) groups is 3. The lowest BCUT2D eigenvalue weighted by atomic mass is 10.0. The predicted molar refractivity (Wildman–Crippen MR) is 130 cm³/mol. The van der Waals surface area contributed by atoms with Crippen LogP contribution < -0.4 is 20.3 Å². The highest BCUT2D eigenvalue weighted by Gasteiger charge is 2.38. The standard InChI is InChI=1S/C26H27FN4O4/c1-26(2,3)30-23(32)22(18-11-5-6-12-19(18)27)31(17-10-9-15-28-16-17)25(34)24(33)29-20-13-7-8-14-21(20)35-4/h5-16,22H,1-4H3,(H,29,33)(H,30,32)/t22-/m1/s1. The molecule has 0 unspecified atom stereocenters. The molecule has 0 bridgehead atoms. The number of benzene rings is 2. The monoisotopic (exact) mass is 478 g/mol. The van der Waals surface area contributed by atoms with Crippen LogP contribution in [0.3, 0.4) is 0 Å². The number of rotatable bonds is 6. The summed E-state index contributed by atoms with van der Waals surface area (Å²) in [5.74, 6) is -3.14. The van der Waals surface area contributed by atoms with E-state index in [0.29, 0.717) is 5.75 Å². The van der Waals surface area contributed by atoms with Gasteiger partial charge in [-0.1, -0.05) is 30.3 Å². The van der Waals surface area contributed by atoms with E-state index in [0.717, 1.165) is 4.90 Å². The molecule has 182 valence electrons. The number of aromatic nitrogens is 1. The van der Waals surface area contributed by atoms with Gasteiger partial charge in [-0.25, -0.2) is 4.39 Å². The number of anilines is 2. The van der Waals surface area contributed by atoms with Gasteiger partial charge in [-0.15, -0.1) is 0 Å². The van der Waals surface area contributed by atoms with Crippen LogP contribution in [0.25, 0.3) is 0 Å². The number of ether oxygens (including phenoxy) is 1. The molecule has 0 aliphatic heterocycles. The van der Waals surface area contributed by atoms with E-state index in [1.54, 1.807) is 57.2 Å². The smallest absolute Gasteiger partial charge is 0.317 e. The Morgan fingerprint density at radius 2 is 1.69 bits per heavy atom. The van der Waals surface area contributed by atoms with E-state index in [4.69, 9.17) is 4.74 Å². The van der Waals surface area contributed by atoms with Gasteiger partial charge in [-0.2, -0.15) is 0 Å². The first-order chi connectivity index (χ1) is 16.6. The van der Waals surface area contributed by atoms with Crippen molar-refractivity contribution >= 4 is 29.1 Å². The van der Waals surface area contributed by atoms with Gasteiger partial charge in [0.25, 0.3) is 0 Å². The van der Waals surface area contributed by atoms with Crippen molar-refractivity contribution in [3.05, 3.63) is 84.4 Å². The van der Waals surface area contributed by atoms with Gasteiger partial charge in [-0.3, -0.25) is 24.3 Å². The van der Waals surface area contributed by atoms with Crippen LogP contribution in [-0.2, 0) is 14.4 Å². The minimum Gasteiger partial charge on any atom is -0.495 e. The van der Waals surface area contributed by atoms with Gasteiger partial charge in [0, 0.05) is 17.3 Å². The number of nitrogens with zero attached hydrogens (tertiary/aromatic N) is 2. The van der Waals surface area contributed by atoms with Crippen molar-refractivity contribution < 1.29 is 23.5 Å². The van der Waals surface area contributed by atoms with Crippen LogP contribution in [0.4, 0.5) is 15.8 Å². The average Bonchev–Trinajstić information content (AvgIpc) is 2.82. The van der Waals surface area contributed by atoms with Crippen LogP contribution in [0.5, 0.6) is 5.75 Å². The van der Waals surface area contributed by atoms with E-state index < -0.39 is 35.1 Å². The van der Waals surface area contributed by atoms with Crippen molar-refractivity contribution in [2.75, 3.05) is 17.3 Å². The summed E-state index contributed by atoms with van der Waals surface area (Å²) in [6.45, 7) is 5.27. The molecule has 2 aromatic carbocycles. The Morgan fingerprint density at radius 3 is 2.31 bits per heavy atom. The van der Waals surface area contributed by atoms with Gasteiger partial charge in [0.05, 0.1) is 24.7 Å². The topological polar surface area (TPSA) is 101 Å². The maximum Gasteiger partial charge on any atom is 0.317 e. The van der Waals surface area contributed by atoms with Crippen molar-refractivity contribution in [1.82, 2.24) is 10.3 Å². The van der Waals surface area contributed by atoms with E-state index >= 15 is 0 Å². The summed E-state index contributed by atoms with van der Waals surface area (Å²) < 4.78 is 20.2. The highest BCUT2D eigenvalue weighted by Crippen LogP contribution is 2.30. The molecule has 1 aromatic heterocycles. The summed E-state index contributed by atoms with van der Waals surface area (Å²) >= 11 is 0. The summed E-state index contributed by atoms with van der Waals surface area (Å²) in [4.78, 5) is 45.1. The number of nitrogens with one attached hydrogen (secondary N) is 2. The lowest BCUT2D eigenvalue weighted by Crippen LogP contribution is -2.51. The number of carbonyl (C=O) groups excluding carboxylic acids is 3. The Hall–Kier alpha value is -4.27. The average molecular weight is 479 g/mol. The largest absolute Gasteiger partial charge is 0.495 e. The number of methoxy groups -OCH3 is 1. The van der Waals surface area contributed by atoms with Crippen LogP contribution in [-0.4, -0.2) is 35.4 Å². The van der Waals surface area contributed by atoms with Gasteiger partial charge in [0.2, 0.25) is 5.91 Å². The lowest BCUT2D eigenvalue weighted by molar-refractivity contribution is -0.136. The first-order valence-corrected chi connectivity index (χ1v) is 10.9. The SMILES string of the molecule is COc1ccccc1NC(=O)C(=O)N(c1cccnc1)[C@@H](C(=O)NC(C)(C)C)c1ccccc1F. The Kier molecular flexibility index (Phi) is 7.80. The molecular formula is C26H27FN4O4. The van der Waals surface area contributed by atoms with Gasteiger partial charge in [-0.05, 0) is 51.1 Å². The molecular weight excluding hydrogens is 451 g/mol. The maximum absolute atomic E-state index is 15.0. The molecule has 0 aliphatic rings. The number of amides is 3. The lowest BCUT2D eigenvalue weighted by Gasteiger charge is -2.33. The second kappa shape index (κ2) is 10.8. The highest BCUT2D eigenvalue weighted by molar-refractivity contribution is 6.45. The molecule has 0 saturated carbocycles. The number of hydrogen-bond acceptors (Lipinski definition) is 5. The Labute approximate surface area is 203 Å². The third-order valence-corrected chi connectivity index (χ3v) is 4.90. The Balaban J connectivity index is 2.11. The molecule has 3 amide bonds. The summed E-state index contributed by atoms with van der Waals surface area (Å²) in [5, 5.41) is 5.30. The van der Waals surface area contributed by atoms with E-state index in [2.05, 4.69) is 15.6 Å². The Morgan fingerprint density at radius 1 is 1.00 bits per heavy atom. The number of halogens is 1. The summed E-state index contributed by atoms with van der Waals surface area (Å²) in [6.07, 6.45) is 2.81. The van der Waals surface area contributed by atoms with Gasteiger partial charge in [0.1, 0.15) is 17.6 Å². The minimum absolute atomic E-state index is 0.0726. The van der Waals surface area contributed by atoms with Gasteiger partial charge in [0.15, 0.2) is 0 Å². The molecule has 1 heterocycles. The second-order valence-electron chi connectivity index (χ2n) is 8.70. The summed E-state index contributed by atoms with van der Waals surface area (Å²) in [6, 6.07) is 13.8. The number of hydrogen-bond donors (Lipinski definition) is 2. The summed E-state index contributed by atoms with van der Waals surface area (Å²) in [7, 11) is 1.43. The fraction of sp³-hybridized carbons (Fsp3) is 0.231. The second-order valence-corrected chi connectivity index (χ2v) is 8.70. The highest BCUT2D eigenvalue weighted by atomic mass is 19.1. The van der Waals surface area contributed by atoms with Crippen molar-refractivity contribution in [3.63, 3.8) is 0 Å². The molecule has 2 N–H and O–H groups in total. The van der Waals surface area contributed by atoms with Crippen LogP contribution in [0.15, 0.2) is 73.1 Å². The zero-order valence-corrected chi connectivity index (χ0v) is 19.9. The number of para-hydroxylation sites is 2. The van der Waals surface area contributed by atoms with Crippen LogP contribution >= 0.6 is 0 Å². The first kappa shape index (κ1) is 25.4. The normalized spacial score (nSPS) is 11.8. The van der Waals surface area contributed by atoms with Crippen molar-refractivity contribution in [1.29, 1.82) is 0 Å². The zero-order chi connectivity index (χ0) is 25.6. The van der Waals surface area contributed by atoms with Crippen LogP contribution in [0.2, 0.25) is 0 Å². The molecule has 0 saturated heterocycles. The van der Waals surface area contributed by atoms with Gasteiger partial charge >= 0.3 is 11.8 Å². The summed E-state index contributed by atoms with van der Waals surface area (Å²) in [5.41, 5.74) is -0.355. The van der Waals surface area contributed by atoms with Crippen molar-refractivity contribution in [2.24, 2.45) is 0 Å². The molecule has 0 aliphatic carbocycles. The molecule has 3 rings (SSSR count). The van der Waals surface area contributed by atoms with E-state index in [1.807, 2.05) is 0 Å². The molecule has 0 spiro atoms. The molecule has 9 heteroatoms.